The third kappa shape index (κ3) is 4.09. The number of nitrogens with one attached hydrogen (secondary N) is 3. The number of urea groups is 1. The summed E-state index contributed by atoms with van der Waals surface area (Å²) in [4.78, 5) is 28.1. The third-order valence-corrected chi connectivity index (χ3v) is 3.91. The molecule has 1 aromatic carbocycles. The van der Waals surface area contributed by atoms with E-state index in [0.717, 1.165) is 16.7 Å². The predicted octanol–water partition coefficient (Wildman–Crippen LogP) is 2.69. The fourth-order valence-electron chi connectivity index (χ4n) is 2.45. The van der Waals surface area contributed by atoms with Crippen LogP contribution in [0.15, 0.2) is 36.5 Å². The zero-order valence-electron chi connectivity index (χ0n) is 14.2. The van der Waals surface area contributed by atoms with Gasteiger partial charge in [-0.15, -0.1) is 0 Å². The van der Waals surface area contributed by atoms with Crippen LogP contribution in [0.1, 0.15) is 5.69 Å². The fraction of sp³-hybridized carbons (Fsp3) is 0.176. The highest BCUT2D eigenvalue weighted by atomic mass is 35.5. The maximum Gasteiger partial charge on any atom is 0.319 e. The highest BCUT2D eigenvalue weighted by Gasteiger charge is 2.10. The number of rotatable bonds is 4. The Kier molecular flexibility index (Phi) is 5.04. The van der Waals surface area contributed by atoms with Crippen LogP contribution < -0.4 is 16.0 Å². The first-order chi connectivity index (χ1) is 12.4. The van der Waals surface area contributed by atoms with Gasteiger partial charge in [0.05, 0.1) is 24.1 Å². The third-order valence-electron chi connectivity index (χ3n) is 3.66. The van der Waals surface area contributed by atoms with Crippen LogP contribution >= 0.6 is 11.6 Å². The van der Waals surface area contributed by atoms with Crippen molar-refractivity contribution in [3.05, 3.63) is 47.2 Å². The number of pyridine rings is 1. The molecule has 3 N–H and O–H groups in total. The molecule has 0 radical (unpaired) electrons. The van der Waals surface area contributed by atoms with Gasteiger partial charge in [0.25, 0.3) is 0 Å². The van der Waals surface area contributed by atoms with Gasteiger partial charge in [0, 0.05) is 23.1 Å². The van der Waals surface area contributed by atoms with Gasteiger partial charge in [0.15, 0.2) is 5.65 Å². The Hall–Kier alpha value is -3.13. The molecule has 2 aromatic heterocycles. The smallest absolute Gasteiger partial charge is 0.319 e. The fourth-order valence-corrected chi connectivity index (χ4v) is 2.58. The SMILES string of the molecule is Cc1nn(C)c2ncc(NC(=O)NCC(=O)Nc3ccc(Cl)cc3)cc12. The van der Waals surface area contributed by atoms with Gasteiger partial charge in [0.2, 0.25) is 5.91 Å². The lowest BCUT2D eigenvalue weighted by molar-refractivity contribution is -0.115. The molecular weight excluding hydrogens is 356 g/mol. The molecular formula is C17H17ClN6O2. The lowest BCUT2D eigenvalue weighted by Crippen LogP contribution is -2.35. The van der Waals surface area contributed by atoms with Crippen molar-refractivity contribution >= 4 is 45.9 Å². The van der Waals surface area contributed by atoms with Crippen LogP contribution in [0.4, 0.5) is 16.2 Å². The van der Waals surface area contributed by atoms with E-state index in [9.17, 15) is 9.59 Å². The first-order valence-electron chi connectivity index (χ1n) is 7.82. The average molecular weight is 373 g/mol. The van der Waals surface area contributed by atoms with Crippen molar-refractivity contribution in [1.82, 2.24) is 20.1 Å². The van der Waals surface area contributed by atoms with Gasteiger partial charge < -0.3 is 16.0 Å². The molecule has 0 bridgehead atoms. The van der Waals surface area contributed by atoms with Gasteiger partial charge in [-0.3, -0.25) is 9.48 Å². The molecule has 134 valence electrons. The molecule has 0 unspecified atom stereocenters. The van der Waals surface area contributed by atoms with Gasteiger partial charge in [-0.25, -0.2) is 9.78 Å². The summed E-state index contributed by atoms with van der Waals surface area (Å²) in [5.74, 6) is -0.348. The first kappa shape index (κ1) is 17.7. The van der Waals surface area contributed by atoms with Crippen molar-refractivity contribution in [2.45, 2.75) is 6.92 Å². The Balaban J connectivity index is 1.54. The summed E-state index contributed by atoms with van der Waals surface area (Å²) >= 11 is 5.79. The molecule has 26 heavy (non-hydrogen) atoms. The highest BCUT2D eigenvalue weighted by molar-refractivity contribution is 6.30. The van der Waals surface area contributed by atoms with Gasteiger partial charge in [-0.2, -0.15) is 5.10 Å². The summed E-state index contributed by atoms with van der Waals surface area (Å²) in [7, 11) is 1.81. The summed E-state index contributed by atoms with van der Waals surface area (Å²) in [6.45, 7) is 1.70. The van der Waals surface area contributed by atoms with Crippen molar-refractivity contribution < 1.29 is 9.59 Å². The lowest BCUT2D eigenvalue weighted by atomic mass is 10.2. The summed E-state index contributed by atoms with van der Waals surface area (Å²) in [6.07, 6.45) is 1.54. The standard InChI is InChI=1S/C17H17ClN6O2/c1-10-14-7-13(8-19-16(14)24(2)23-10)22-17(26)20-9-15(25)21-12-5-3-11(18)4-6-12/h3-8H,9H2,1-2H3,(H,21,25)(H2,20,22,26). The van der Waals surface area contributed by atoms with E-state index >= 15 is 0 Å². The molecule has 0 spiro atoms. The molecule has 0 atom stereocenters. The minimum Gasteiger partial charge on any atom is -0.329 e. The zero-order chi connectivity index (χ0) is 18.7. The number of hydrogen-bond acceptors (Lipinski definition) is 4. The molecule has 3 amide bonds. The Bertz CT molecular complexity index is 967. The second kappa shape index (κ2) is 7.40. The van der Waals surface area contributed by atoms with E-state index in [-0.39, 0.29) is 12.5 Å². The Morgan fingerprint density at radius 2 is 1.88 bits per heavy atom. The summed E-state index contributed by atoms with van der Waals surface area (Å²) in [5, 5.41) is 13.5. The number of aromatic nitrogens is 3. The molecule has 2 heterocycles. The van der Waals surface area contributed by atoms with Crippen LogP contribution in [0.2, 0.25) is 5.02 Å². The van der Waals surface area contributed by atoms with Crippen molar-refractivity contribution in [2.24, 2.45) is 7.05 Å². The number of carbonyl (C=O) groups excluding carboxylic acids is 2. The van der Waals surface area contributed by atoms with Crippen LogP contribution in [0, 0.1) is 6.92 Å². The van der Waals surface area contributed by atoms with E-state index < -0.39 is 6.03 Å². The maximum absolute atomic E-state index is 12.0. The van der Waals surface area contributed by atoms with Crippen molar-refractivity contribution in [1.29, 1.82) is 0 Å². The molecule has 0 fully saturated rings. The molecule has 0 aliphatic heterocycles. The molecule has 3 rings (SSSR count). The Labute approximate surface area is 154 Å². The maximum atomic E-state index is 12.0. The molecule has 0 saturated carbocycles. The van der Waals surface area contributed by atoms with E-state index in [4.69, 9.17) is 11.6 Å². The number of carbonyl (C=O) groups is 2. The first-order valence-corrected chi connectivity index (χ1v) is 8.20. The quantitative estimate of drug-likeness (QED) is 0.655. The number of nitrogens with zero attached hydrogens (tertiary/aromatic N) is 3. The monoisotopic (exact) mass is 372 g/mol. The van der Waals surface area contributed by atoms with E-state index in [2.05, 4.69) is 26.0 Å². The van der Waals surface area contributed by atoms with Crippen molar-refractivity contribution in [2.75, 3.05) is 17.2 Å². The lowest BCUT2D eigenvalue weighted by Gasteiger charge is -2.08. The van der Waals surface area contributed by atoms with Crippen LogP contribution in [-0.4, -0.2) is 33.2 Å². The van der Waals surface area contributed by atoms with E-state index in [1.54, 1.807) is 42.1 Å². The van der Waals surface area contributed by atoms with Crippen LogP contribution in [-0.2, 0) is 11.8 Å². The number of hydrogen-bond donors (Lipinski definition) is 3. The minimum absolute atomic E-state index is 0.171. The number of halogens is 1. The number of anilines is 2. The van der Waals surface area contributed by atoms with Gasteiger partial charge in [0.1, 0.15) is 0 Å². The van der Waals surface area contributed by atoms with Crippen LogP contribution in [0.25, 0.3) is 11.0 Å². The van der Waals surface area contributed by atoms with Crippen LogP contribution in [0.5, 0.6) is 0 Å². The van der Waals surface area contributed by atoms with E-state index in [0.29, 0.717) is 16.4 Å². The second-order valence-electron chi connectivity index (χ2n) is 5.67. The van der Waals surface area contributed by atoms with Gasteiger partial charge >= 0.3 is 6.03 Å². The van der Waals surface area contributed by atoms with Gasteiger partial charge in [-0.05, 0) is 37.3 Å². The number of fused-ring (bicyclic) bond motifs is 1. The minimum atomic E-state index is -0.501. The van der Waals surface area contributed by atoms with Crippen LogP contribution in [0.3, 0.4) is 0 Å². The summed E-state index contributed by atoms with van der Waals surface area (Å²) in [6, 6.07) is 7.98. The zero-order valence-corrected chi connectivity index (χ0v) is 15.0. The van der Waals surface area contributed by atoms with Gasteiger partial charge in [-0.1, -0.05) is 11.6 Å². The Morgan fingerprint density at radius 1 is 1.15 bits per heavy atom. The van der Waals surface area contributed by atoms with Crippen molar-refractivity contribution in [3.8, 4) is 0 Å². The largest absolute Gasteiger partial charge is 0.329 e. The average Bonchev–Trinajstić information content (AvgIpc) is 2.89. The topological polar surface area (TPSA) is 101 Å². The molecule has 3 aromatic rings. The van der Waals surface area contributed by atoms with E-state index in [1.807, 2.05) is 6.92 Å². The molecule has 8 nitrogen and oxygen atoms in total. The number of aryl methyl sites for hydroxylation is 2. The Morgan fingerprint density at radius 3 is 2.62 bits per heavy atom. The normalized spacial score (nSPS) is 10.6. The van der Waals surface area contributed by atoms with Crippen molar-refractivity contribution in [3.63, 3.8) is 0 Å². The number of amides is 3. The molecule has 9 heteroatoms. The summed E-state index contributed by atoms with van der Waals surface area (Å²) < 4.78 is 1.68. The highest BCUT2D eigenvalue weighted by Crippen LogP contribution is 2.19. The van der Waals surface area contributed by atoms with E-state index in [1.165, 1.54) is 6.20 Å². The second-order valence-corrected chi connectivity index (χ2v) is 6.10. The molecule has 0 saturated heterocycles. The summed E-state index contributed by atoms with van der Waals surface area (Å²) in [5.41, 5.74) is 2.67. The predicted molar refractivity (Wildman–Crippen MR) is 100 cm³/mol. The molecule has 0 aliphatic carbocycles. The molecule has 0 aliphatic rings. The number of benzene rings is 1.